The lowest BCUT2D eigenvalue weighted by atomic mass is 10.2. The number of amides is 2. The Balaban J connectivity index is 1.68. The molecule has 2 rings (SSSR count). The zero-order chi connectivity index (χ0) is 18.9. The second-order valence-electron chi connectivity index (χ2n) is 5.58. The summed E-state index contributed by atoms with van der Waals surface area (Å²) < 4.78 is 17.6. The summed E-state index contributed by atoms with van der Waals surface area (Å²) >= 11 is 0. The normalized spacial score (nSPS) is 10.1. The minimum Gasteiger partial charge on any atom is -0.456 e. The fourth-order valence-electron chi connectivity index (χ4n) is 2.09. The van der Waals surface area contributed by atoms with Crippen LogP contribution in [0.15, 0.2) is 48.5 Å². The standard InChI is InChI=1S/C19H19FN2O4/c1-13-4-2-3-5-16(13)22-18(24)12-26-19(25)11-10-17(23)21-15-8-6-14(20)7-9-15/h2-9H,10-12H2,1H3,(H,21,23)(H,22,24). The van der Waals surface area contributed by atoms with E-state index in [0.29, 0.717) is 11.4 Å². The summed E-state index contributed by atoms with van der Waals surface area (Å²) in [5, 5.41) is 5.18. The highest BCUT2D eigenvalue weighted by Crippen LogP contribution is 2.13. The number of halogens is 1. The fourth-order valence-corrected chi connectivity index (χ4v) is 2.09. The number of hydrogen-bond acceptors (Lipinski definition) is 4. The fraction of sp³-hybridized carbons (Fsp3) is 0.211. The first-order chi connectivity index (χ1) is 12.4. The summed E-state index contributed by atoms with van der Waals surface area (Å²) in [6.45, 7) is 1.42. The Morgan fingerprint density at radius 3 is 2.31 bits per heavy atom. The van der Waals surface area contributed by atoms with E-state index in [2.05, 4.69) is 10.6 Å². The topological polar surface area (TPSA) is 84.5 Å². The number of carbonyl (C=O) groups excluding carboxylic acids is 3. The molecule has 2 aromatic carbocycles. The summed E-state index contributed by atoms with van der Waals surface area (Å²) in [5.74, 6) is -1.92. The Bertz CT molecular complexity index is 790. The molecule has 0 unspecified atom stereocenters. The highest BCUT2D eigenvalue weighted by Gasteiger charge is 2.11. The molecule has 0 aliphatic rings. The van der Waals surface area contributed by atoms with Gasteiger partial charge >= 0.3 is 5.97 Å². The molecule has 0 aliphatic carbocycles. The summed E-state index contributed by atoms with van der Waals surface area (Å²) in [7, 11) is 0. The first-order valence-corrected chi connectivity index (χ1v) is 8.00. The van der Waals surface area contributed by atoms with Crippen LogP contribution in [0.4, 0.5) is 15.8 Å². The van der Waals surface area contributed by atoms with Crippen LogP contribution in [0.25, 0.3) is 0 Å². The number of carbonyl (C=O) groups is 3. The lowest BCUT2D eigenvalue weighted by Gasteiger charge is -2.09. The molecule has 26 heavy (non-hydrogen) atoms. The predicted molar refractivity (Wildman–Crippen MR) is 95.0 cm³/mol. The van der Waals surface area contributed by atoms with E-state index in [1.807, 2.05) is 19.1 Å². The van der Waals surface area contributed by atoms with Crippen molar-refractivity contribution in [2.24, 2.45) is 0 Å². The Hall–Kier alpha value is -3.22. The number of rotatable bonds is 7. The van der Waals surface area contributed by atoms with Gasteiger partial charge in [-0.2, -0.15) is 0 Å². The van der Waals surface area contributed by atoms with Crippen LogP contribution in [-0.2, 0) is 19.1 Å². The molecule has 136 valence electrons. The zero-order valence-corrected chi connectivity index (χ0v) is 14.3. The van der Waals surface area contributed by atoms with Crippen molar-refractivity contribution < 1.29 is 23.5 Å². The van der Waals surface area contributed by atoms with Gasteiger partial charge in [-0.25, -0.2) is 4.39 Å². The van der Waals surface area contributed by atoms with Gasteiger partial charge < -0.3 is 15.4 Å². The van der Waals surface area contributed by atoms with Crippen molar-refractivity contribution in [3.05, 3.63) is 59.9 Å². The van der Waals surface area contributed by atoms with Gasteiger partial charge in [-0.1, -0.05) is 18.2 Å². The maximum absolute atomic E-state index is 12.8. The first kappa shape index (κ1) is 19.1. The highest BCUT2D eigenvalue weighted by atomic mass is 19.1. The molecule has 0 atom stereocenters. The first-order valence-electron chi connectivity index (χ1n) is 8.00. The van der Waals surface area contributed by atoms with Crippen LogP contribution in [0, 0.1) is 12.7 Å². The number of anilines is 2. The lowest BCUT2D eigenvalue weighted by molar-refractivity contribution is -0.147. The molecule has 0 fully saturated rings. The molecule has 0 radical (unpaired) electrons. The second-order valence-corrected chi connectivity index (χ2v) is 5.58. The zero-order valence-electron chi connectivity index (χ0n) is 14.3. The van der Waals surface area contributed by atoms with Crippen molar-refractivity contribution in [2.75, 3.05) is 17.2 Å². The largest absolute Gasteiger partial charge is 0.456 e. The van der Waals surface area contributed by atoms with Gasteiger partial charge in [-0.15, -0.1) is 0 Å². The minimum atomic E-state index is -0.654. The van der Waals surface area contributed by atoms with Crippen molar-refractivity contribution in [3.63, 3.8) is 0 Å². The number of benzene rings is 2. The van der Waals surface area contributed by atoms with Crippen LogP contribution in [0.1, 0.15) is 18.4 Å². The molecule has 6 nitrogen and oxygen atoms in total. The van der Waals surface area contributed by atoms with Crippen molar-refractivity contribution in [1.82, 2.24) is 0 Å². The van der Waals surface area contributed by atoms with E-state index in [1.165, 1.54) is 24.3 Å². The van der Waals surface area contributed by atoms with E-state index in [1.54, 1.807) is 12.1 Å². The van der Waals surface area contributed by atoms with E-state index < -0.39 is 30.2 Å². The quantitative estimate of drug-likeness (QED) is 0.745. The molecule has 0 heterocycles. The smallest absolute Gasteiger partial charge is 0.306 e. The van der Waals surface area contributed by atoms with E-state index in [9.17, 15) is 18.8 Å². The van der Waals surface area contributed by atoms with Gasteiger partial charge in [-0.05, 0) is 42.8 Å². The monoisotopic (exact) mass is 358 g/mol. The maximum Gasteiger partial charge on any atom is 0.306 e. The van der Waals surface area contributed by atoms with E-state index in [4.69, 9.17) is 4.74 Å². The Labute approximate surface area is 150 Å². The van der Waals surface area contributed by atoms with Gasteiger partial charge in [-0.3, -0.25) is 14.4 Å². The van der Waals surface area contributed by atoms with Crippen LogP contribution in [0.2, 0.25) is 0 Å². The van der Waals surface area contributed by atoms with Crippen molar-refractivity contribution in [3.8, 4) is 0 Å². The average molecular weight is 358 g/mol. The van der Waals surface area contributed by atoms with Gasteiger partial charge in [0.25, 0.3) is 5.91 Å². The summed E-state index contributed by atoms with van der Waals surface area (Å²) in [6, 6.07) is 12.5. The number of para-hydroxylation sites is 1. The van der Waals surface area contributed by atoms with Gasteiger partial charge in [0.05, 0.1) is 6.42 Å². The van der Waals surface area contributed by atoms with Crippen LogP contribution in [0.5, 0.6) is 0 Å². The molecule has 0 aliphatic heterocycles. The third kappa shape index (κ3) is 6.35. The Morgan fingerprint density at radius 2 is 1.62 bits per heavy atom. The molecule has 7 heteroatoms. The lowest BCUT2D eigenvalue weighted by Crippen LogP contribution is -2.22. The third-order valence-corrected chi connectivity index (χ3v) is 3.47. The molecular formula is C19H19FN2O4. The van der Waals surface area contributed by atoms with Gasteiger partial charge in [0.2, 0.25) is 5.91 Å². The van der Waals surface area contributed by atoms with Gasteiger partial charge in [0, 0.05) is 17.8 Å². The number of esters is 1. The Morgan fingerprint density at radius 1 is 0.923 bits per heavy atom. The number of aryl methyl sites for hydroxylation is 1. The average Bonchev–Trinajstić information content (AvgIpc) is 2.62. The van der Waals surface area contributed by atoms with Gasteiger partial charge in [0.1, 0.15) is 5.82 Å². The van der Waals surface area contributed by atoms with E-state index >= 15 is 0 Å². The van der Waals surface area contributed by atoms with E-state index in [-0.39, 0.29) is 12.8 Å². The van der Waals surface area contributed by atoms with Crippen molar-refractivity contribution in [2.45, 2.75) is 19.8 Å². The van der Waals surface area contributed by atoms with Crippen LogP contribution in [0.3, 0.4) is 0 Å². The second kappa shape index (κ2) is 9.31. The number of nitrogens with one attached hydrogen (secondary N) is 2. The molecule has 0 spiro atoms. The SMILES string of the molecule is Cc1ccccc1NC(=O)COC(=O)CCC(=O)Nc1ccc(F)cc1. The summed E-state index contributed by atoms with van der Waals surface area (Å²) in [4.78, 5) is 35.1. The highest BCUT2D eigenvalue weighted by molar-refractivity contribution is 5.94. The molecule has 0 saturated heterocycles. The molecule has 0 aromatic heterocycles. The molecule has 2 amide bonds. The van der Waals surface area contributed by atoms with Gasteiger partial charge in [0.15, 0.2) is 6.61 Å². The molecular weight excluding hydrogens is 339 g/mol. The number of hydrogen-bond donors (Lipinski definition) is 2. The summed E-state index contributed by atoms with van der Waals surface area (Å²) in [6.07, 6.45) is -0.264. The minimum absolute atomic E-state index is 0.102. The van der Waals surface area contributed by atoms with Crippen LogP contribution in [-0.4, -0.2) is 24.4 Å². The molecule has 2 aromatic rings. The summed E-state index contributed by atoms with van der Waals surface area (Å²) in [5.41, 5.74) is 1.97. The maximum atomic E-state index is 12.8. The third-order valence-electron chi connectivity index (χ3n) is 3.47. The van der Waals surface area contributed by atoms with Crippen molar-refractivity contribution >= 4 is 29.2 Å². The van der Waals surface area contributed by atoms with Crippen molar-refractivity contribution in [1.29, 1.82) is 0 Å². The predicted octanol–water partition coefficient (Wildman–Crippen LogP) is 3.03. The molecule has 2 N–H and O–H groups in total. The van der Waals surface area contributed by atoms with Crippen LogP contribution >= 0.6 is 0 Å². The van der Waals surface area contributed by atoms with Crippen LogP contribution < -0.4 is 10.6 Å². The molecule has 0 saturated carbocycles. The van der Waals surface area contributed by atoms with E-state index in [0.717, 1.165) is 5.56 Å². The Kier molecular flexibility index (Phi) is 6.84. The molecule has 0 bridgehead atoms. The number of ether oxygens (including phenoxy) is 1.